The van der Waals surface area contributed by atoms with Crippen molar-refractivity contribution in [3.63, 3.8) is 0 Å². The highest BCUT2D eigenvalue weighted by Gasteiger charge is 2.02. The van der Waals surface area contributed by atoms with E-state index in [1.165, 1.54) is 5.56 Å². The van der Waals surface area contributed by atoms with Crippen molar-refractivity contribution in [1.29, 1.82) is 0 Å². The first-order chi connectivity index (χ1) is 9.29. The summed E-state index contributed by atoms with van der Waals surface area (Å²) in [5, 5.41) is 3.38. The quantitative estimate of drug-likeness (QED) is 0.775. The van der Waals surface area contributed by atoms with Crippen molar-refractivity contribution in [2.24, 2.45) is 0 Å². The zero-order chi connectivity index (χ0) is 13.5. The molecule has 0 bridgehead atoms. The van der Waals surface area contributed by atoms with Gasteiger partial charge in [0.05, 0.1) is 13.2 Å². The largest absolute Gasteiger partial charge is 0.494 e. The average Bonchev–Trinajstić information content (AvgIpc) is 2.83. The minimum absolute atomic E-state index is 0.704. The summed E-state index contributed by atoms with van der Waals surface area (Å²) in [6.07, 6.45) is 0.954. The van der Waals surface area contributed by atoms with E-state index in [-0.39, 0.29) is 0 Å². The molecule has 2 aromatic rings. The molecule has 1 aromatic heterocycles. The van der Waals surface area contributed by atoms with E-state index < -0.39 is 0 Å². The molecule has 0 unspecified atom stereocenters. The van der Waals surface area contributed by atoms with E-state index in [0.717, 1.165) is 36.8 Å². The smallest absolute Gasteiger partial charge is 0.122 e. The van der Waals surface area contributed by atoms with Gasteiger partial charge < -0.3 is 14.5 Å². The number of nitrogens with one attached hydrogen (secondary N) is 1. The number of benzene rings is 1. The van der Waals surface area contributed by atoms with Crippen LogP contribution in [-0.4, -0.2) is 13.2 Å². The van der Waals surface area contributed by atoms with Gasteiger partial charge in [0, 0.05) is 0 Å². The molecule has 3 heteroatoms. The summed E-state index contributed by atoms with van der Waals surface area (Å²) in [6.45, 7) is 6.35. The Balaban J connectivity index is 1.79. The Hall–Kier alpha value is -1.74. The van der Waals surface area contributed by atoms with Gasteiger partial charge in [-0.2, -0.15) is 0 Å². The normalized spacial score (nSPS) is 10.6. The lowest BCUT2D eigenvalue weighted by molar-refractivity contribution is 0.336. The Kier molecular flexibility index (Phi) is 5.04. The van der Waals surface area contributed by atoms with Crippen LogP contribution in [0.5, 0.6) is 5.75 Å². The van der Waals surface area contributed by atoms with E-state index in [9.17, 15) is 0 Å². The lowest BCUT2D eigenvalue weighted by Crippen LogP contribution is -2.16. The lowest BCUT2D eigenvalue weighted by Gasteiger charge is -2.10. The molecule has 1 aromatic carbocycles. The molecule has 3 nitrogen and oxygen atoms in total. The van der Waals surface area contributed by atoms with Crippen molar-refractivity contribution in [3.05, 3.63) is 53.5 Å². The van der Waals surface area contributed by atoms with Gasteiger partial charge in [0.15, 0.2) is 0 Å². The first kappa shape index (κ1) is 13.7. The van der Waals surface area contributed by atoms with Gasteiger partial charge in [-0.25, -0.2) is 0 Å². The second-order valence-corrected chi connectivity index (χ2v) is 4.48. The van der Waals surface area contributed by atoms with E-state index in [1.807, 2.05) is 44.2 Å². The molecule has 0 atom stereocenters. The summed E-state index contributed by atoms with van der Waals surface area (Å²) < 4.78 is 11.1. The van der Waals surface area contributed by atoms with Crippen molar-refractivity contribution in [2.75, 3.05) is 13.2 Å². The minimum atomic E-state index is 0.704. The molecule has 102 valence electrons. The van der Waals surface area contributed by atoms with Gasteiger partial charge in [0.1, 0.15) is 17.3 Å². The number of para-hydroxylation sites is 1. The number of aryl methyl sites for hydroxylation is 1. The average molecular weight is 259 g/mol. The predicted molar refractivity (Wildman–Crippen MR) is 76.5 cm³/mol. The van der Waals surface area contributed by atoms with Crippen LogP contribution in [0.2, 0.25) is 0 Å². The Morgan fingerprint density at radius 2 is 2.00 bits per heavy atom. The minimum Gasteiger partial charge on any atom is -0.494 e. The Morgan fingerprint density at radius 3 is 2.74 bits per heavy atom. The molecule has 1 N–H and O–H groups in total. The van der Waals surface area contributed by atoms with Crippen LogP contribution in [-0.2, 0) is 13.0 Å². The van der Waals surface area contributed by atoms with Crippen LogP contribution < -0.4 is 10.1 Å². The fraction of sp³-hybridized carbons (Fsp3) is 0.375. The van der Waals surface area contributed by atoms with Gasteiger partial charge in [-0.15, -0.1) is 0 Å². The number of furan rings is 1. The van der Waals surface area contributed by atoms with Gasteiger partial charge in [-0.1, -0.05) is 18.2 Å². The summed E-state index contributed by atoms with van der Waals surface area (Å²) >= 11 is 0. The fourth-order valence-corrected chi connectivity index (χ4v) is 2.02. The third-order valence-corrected chi connectivity index (χ3v) is 2.94. The van der Waals surface area contributed by atoms with Crippen LogP contribution in [0, 0.1) is 6.92 Å². The van der Waals surface area contributed by atoms with E-state index in [4.69, 9.17) is 9.15 Å². The third kappa shape index (κ3) is 4.14. The van der Waals surface area contributed by atoms with Crippen LogP contribution in [0.3, 0.4) is 0 Å². The molecule has 0 radical (unpaired) electrons. The zero-order valence-corrected chi connectivity index (χ0v) is 11.6. The van der Waals surface area contributed by atoms with Crippen molar-refractivity contribution < 1.29 is 9.15 Å². The van der Waals surface area contributed by atoms with Gasteiger partial charge in [-0.05, 0) is 50.6 Å². The zero-order valence-electron chi connectivity index (χ0n) is 11.6. The highest BCUT2D eigenvalue weighted by Crippen LogP contribution is 2.18. The van der Waals surface area contributed by atoms with Crippen molar-refractivity contribution in [2.45, 2.75) is 26.8 Å². The van der Waals surface area contributed by atoms with Crippen LogP contribution >= 0.6 is 0 Å². The molecular weight excluding hydrogens is 238 g/mol. The monoisotopic (exact) mass is 259 g/mol. The second-order valence-electron chi connectivity index (χ2n) is 4.48. The van der Waals surface area contributed by atoms with E-state index in [0.29, 0.717) is 6.61 Å². The van der Waals surface area contributed by atoms with Crippen LogP contribution in [0.15, 0.2) is 40.8 Å². The summed E-state index contributed by atoms with van der Waals surface area (Å²) in [5.41, 5.74) is 1.24. The van der Waals surface area contributed by atoms with E-state index in [1.54, 1.807) is 0 Å². The number of rotatable bonds is 7. The molecule has 19 heavy (non-hydrogen) atoms. The van der Waals surface area contributed by atoms with E-state index in [2.05, 4.69) is 11.4 Å². The molecule has 0 aliphatic carbocycles. The maximum atomic E-state index is 5.61. The fourth-order valence-electron chi connectivity index (χ4n) is 2.02. The molecule has 0 spiro atoms. The maximum Gasteiger partial charge on any atom is 0.122 e. The molecular formula is C16H21NO2. The standard InChI is InChI=1S/C16H21NO2/c1-3-18-16-7-5-4-6-14(16)10-11-17-12-15-9-8-13(2)19-15/h4-9,17H,3,10-12H2,1-2H3. The highest BCUT2D eigenvalue weighted by molar-refractivity contribution is 5.33. The lowest BCUT2D eigenvalue weighted by atomic mass is 10.1. The second kappa shape index (κ2) is 7.00. The predicted octanol–water partition coefficient (Wildman–Crippen LogP) is 3.32. The van der Waals surface area contributed by atoms with Crippen LogP contribution in [0.4, 0.5) is 0 Å². The summed E-state index contributed by atoms with van der Waals surface area (Å²) in [6, 6.07) is 12.2. The SMILES string of the molecule is CCOc1ccccc1CCNCc1ccc(C)o1. The molecule has 2 rings (SSSR count). The molecule has 0 saturated carbocycles. The first-order valence-electron chi connectivity index (χ1n) is 6.76. The molecule has 0 fully saturated rings. The highest BCUT2D eigenvalue weighted by atomic mass is 16.5. The summed E-state index contributed by atoms with van der Waals surface area (Å²) in [7, 11) is 0. The Morgan fingerprint density at radius 1 is 1.16 bits per heavy atom. The van der Waals surface area contributed by atoms with Crippen LogP contribution in [0.25, 0.3) is 0 Å². The third-order valence-electron chi connectivity index (χ3n) is 2.94. The van der Waals surface area contributed by atoms with Gasteiger partial charge >= 0.3 is 0 Å². The number of hydrogen-bond donors (Lipinski definition) is 1. The maximum absolute atomic E-state index is 5.61. The number of hydrogen-bond acceptors (Lipinski definition) is 3. The number of ether oxygens (including phenoxy) is 1. The molecule has 0 aliphatic heterocycles. The molecule has 0 saturated heterocycles. The first-order valence-corrected chi connectivity index (χ1v) is 6.76. The van der Waals surface area contributed by atoms with Gasteiger partial charge in [0.25, 0.3) is 0 Å². The van der Waals surface area contributed by atoms with Gasteiger partial charge in [0.2, 0.25) is 0 Å². The van der Waals surface area contributed by atoms with Crippen molar-refractivity contribution >= 4 is 0 Å². The Labute approximate surface area is 114 Å². The Bertz CT molecular complexity index is 505. The topological polar surface area (TPSA) is 34.4 Å². The summed E-state index contributed by atoms with van der Waals surface area (Å²) in [5.74, 6) is 2.93. The molecule has 0 amide bonds. The molecule has 0 aliphatic rings. The molecule has 1 heterocycles. The van der Waals surface area contributed by atoms with E-state index >= 15 is 0 Å². The van der Waals surface area contributed by atoms with Crippen molar-refractivity contribution in [3.8, 4) is 5.75 Å². The van der Waals surface area contributed by atoms with Crippen LogP contribution in [0.1, 0.15) is 24.0 Å². The summed E-state index contributed by atoms with van der Waals surface area (Å²) in [4.78, 5) is 0. The van der Waals surface area contributed by atoms with Crippen molar-refractivity contribution in [1.82, 2.24) is 5.32 Å². The van der Waals surface area contributed by atoms with Gasteiger partial charge in [-0.3, -0.25) is 0 Å².